The van der Waals surface area contributed by atoms with Gasteiger partial charge in [-0.05, 0) is 25.1 Å². The summed E-state index contributed by atoms with van der Waals surface area (Å²) in [5.41, 5.74) is 7.34. The Bertz CT molecular complexity index is 783. The van der Waals surface area contributed by atoms with E-state index in [-0.39, 0.29) is 6.10 Å². The molecule has 2 aromatic heterocycles. The first kappa shape index (κ1) is 14.0. The van der Waals surface area contributed by atoms with Gasteiger partial charge in [0.15, 0.2) is 5.82 Å². The zero-order chi connectivity index (χ0) is 15.0. The molecule has 0 aliphatic rings. The van der Waals surface area contributed by atoms with Crippen LogP contribution in [0.2, 0.25) is 10.0 Å². The number of fused-ring (bicyclic) bond motifs is 1. The number of H-pyrrole nitrogens is 1. The molecule has 5 nitrogen and oxygen atoms in total. The van der Waals surface area contributed by atoms with E-state index in [1.807, 2.05) is 25.1 Å². The van der Waals surface area contributed by atoms with Crippen LogP contribution in [-0.4, -0.2) is 15.2 Å². The van der Waals surface area contributed by atoms with Gasteiger partial charge >= 0.3 is 0 Å². The minimum absolute atomic E-state index is 0.321. The molecule has 108 valence electrons. The van der Waals surface area contributed by atoms with Crippen molar-refractivity contribution in [2.45, 2.75) is 13.0 Å². The largest absolute Gasteiger partial charge is 0.486 e. The van der Waals surface area contributed by atoms with Crippen LogP contribution in [0.15, 0.2) is 30.6 Å². The van der Waals surface area contributed by atoms with Crippen LogP contribution < -0.4 is 10.5 Å². The summed E-state index contributed by atoms with van der Waals surface area (Å²) >= 11 is 12.3. The number of nitrogens with one attached hydrogen (secondary N) is 1. The van der Waals surface area contributed by atoms with Crippen LogP contribution in [0.3, 0.4) is 0 Å². The first-order chi connectivity index (χ1) is 10.1. The van der Waals surface area contributed by atoms with Crippen molar-refractivity contribution >= 4 is 39.9 Å². The molecule has 0 spiro atoms. The molecule has 0 fully saturated rings. The zero-order valence-corrected chi connectivity index (χ0v) is 12.6. The maximum Gasteiger partial charge on any atom is 0.153 e. The van der Waals surface area contributed by atoms with Crippen molar-refractivity contribution in [2.75, 3.05) is 5.73 Å². The SMILES string of the molecule is CC(Oc1ccc2[nH]nc(N)c2c1)c1c(Cl)cncc1Cl. The highest BCUT2D eigenvalue weighted by atomic mass is 35.5. The van der Waals surface area contributed by atoms with Crippen LogP contribution in [-0.2, 0) is 0 Å². The Morgan fingerprint density at radius 1 is 1.24 bits per heavy atom. The quantitative estimate of drug-likeness (QED) is 0.764. The number of nitrogens with zero attached hydrogens (tertiary/aromatic N) is 2. The fourth-order valence-corrected chi connectivity index (χ4v) is 2.83. The highest BCUT2D eigenvalue weighted by Gasteiger charge is 2.16. The molecule has 0 aliphatic heterocycles. The van der Waals surface area contributed by atoms with Gasteiger partial charge in [-0.15, -0.1) is 0 Å². The number of ether oxygens (including phenoxy) is 1. The Morgan fingerprint density at radius 3 is 2.67 bits per heavy atom. The fraction of sp³-hybridized carbons (Fsp3) is 0.143. The number of hydrogen-bond donors (Lipinski definition) is 2. The highest BCUT2D eigenvalue weighted by molar-refractivity contribution is 6.35. The third kappa shape index (κ3) is 2.62. The molecule has 1 unspecified atom stereocenters. The first-order valence-electron chi connectivity index (χ1n) is 6.25. The van der Waals surface area contributed by atoms with Gasteiger partial charge in [-0.25, -0.2) is 0 Å². The number of rotatable bonds is 3. The van der Waals surface area contributed by atoms with Crippen LogP contribution in [0.5, 0.6) is 5.75 Å². The standard InChI is InChI=1S/C14H12Cl2N4O/c1-7(13-10(15)5-18-6-11(13)16)21-8-2-3-12-9(4-8)14(17)20-19-12/h2-7H,1H3,(H3,17,19,20). The summed E-state index contributed by atoms with van der Waals surface area (Å²) in [6.07, 6.45) is 2.76. The fourth-order valence-electron chi connectivity index (χ4n) is 2.16. The number of halogens is 2. The van der Waals surface area contributed by atoms with E-state index < -0.39 is 0 Å². The number of anilines is 1. The normalized spacial score (nSPS) is 12.5. The van der Waals surface area contributed by atoms with Gasteiger partial charge in [-0.1, -0.05) is 23.2 Å². The number of benzene rings is 1. The molecule has 0 radical (unpaired) electrons. The molecular formula is C14H12Cl2N4O. The summed E-state index contributed by atoms with van der Waals surface area (Å²) in [5.74, 6) is 1.09. The van der Waals surface area contributed by atoms with E-state index in [4.69, 9.17) is 33.7 Å². The number of hydrogen-bond acceptors (Lipinski definition) is 4. The van der Waals surface area contributed by atoms with Crippen molar-refractivity contribution < 1.29 is 4.74 Å². The van der Waals surface area contributed by atoms with Crippen molar-refractivity contribution in [1.82, 2.24) is 15.2 Å². The van der Waals surface area contributed by atoms with Gasteiger partial charge in [-0.2, -0.15) is 5.10 Å². The maximum absolute atomic E-state index is 6.13. The lowest BCUT2D eigenvalue weighted by atomic mass is 10.1. The Balaban J connectivity index is 1.92. The van der Waals surface area contributed by atoms with Gasteiger partial charge in [-0.3, -0.25) is 10.1 Å². The van der Waals surface area contributed by atoms with Gasteiger partial charge in [0.1, 0.15) is 11.9 Å². The van der Waals surface area contributed by atoms with E-state index in [0.29, 0.717) is 27.2 Å². The third-order valence-electron chi connectivity index (χ3n) is 3.17. The first-order valence-corrected chi connectivity index (χ1v) is 7.01. The lowest BCUT2D eigenvalue weighted by Gasteiger charge is -2.17. The smallest absolute Gasteiger partial charge is 0.153 e. The van der Waals surface area contributed by atoms with Crippen molar-refractivity contribution in [1.29, 1.82) is 0 Å². The maximum atomic E-state index is 6.13. The average molecular weight is 323 g/mol. The summed E-state index contributed by atoms with van der Waals surface area (Å²) in [6.45, 7) is 1.87. The van der Waals surface area contributed by atoms with Crippen LogP contribution in [0, 0.1) is 0 Å². The minimum Gasteiger partial charge on any atom is -0.486 e. The highest BCUT2D eigenvalue weighted by Crippen LogP contribution is 2.33. The molecule has 0 saturated heterocycles. The number of pyridine rings is 1. The van der Waals surface area contributed by atoms with E-state index in [2.05, 4.69) is 15.2 Å². The molecule has 2 heterocycles. The number of aromatic amines is 1. The van der Waals surface area contributed by atoms with Crippen molar-refractivity contribution in [2.24, 2.45) is 0 Å². The summed E-state index contributed by atoms with van der Waals surface area (Å²) in [6, 6.07) is 5.52. The summed E-state index contributed by atoms with van der Waals surface area (Å²) in [7, 11) is 0. The molecular weight excluding hydrogens is 311 g/mol. The molecule has 0 bridgehead atoms. The lowest BCUT2D eigenvalue weighted by molar-refractivity contribution is 0.227. The Kier molecular flexibility index (Phi) is 3.61. The van der Waals surface area contributed by atoms with Crippen LogP contribution >= 0.6 is 23.2 Å². The molecule has 3 aromatic rings. The molecule has 0 aliphatic carbocycles. The Labute approximate surface area is 131 Å². The predicted octanol–water partition coefficient (Wildman–Crippen LogP) is 3.99. The van der Waals surface area contributed by atoms with Crippen molar-refractivity contribution in [3.63, 3.8) is 0 Å². The number of nitrogens with two attached hydrogens (primary N) is 1. The average Bonchev–Trinajstić information content (AvgIpc) is 2.80. The minimum atomic E-state index is -0.321. The second-order valence-electron chi connectivity index (χ2n) is 4.59. The Hall–Kier alpha value is -1.98. The van der Waals surface area contributed by atoms with E-state index in [9.17, 15) is 0 Å². The van der Waals surface area contributed by atoms with E-state index in [1.54, 1.807) is 12.4 Å². The molecule has 3 N–H and O–H groups in total. The van der Waals surface area contributed by atoms with E-state index >= 15 is 0 Å². The van der Waals surface area contributed by atoms with Crippen molar-refractivity contribution in [3.05, 3.63) is 46.2 Å². The second kappa shape index (κ2) is 5.42. The zero-order valence-electron chi connectivity index (χ0n) is 11.1. The van der Waals surface area contributed by atoms with Crippen molar-refractivity contribution in [3.8, 4) is 5.75 Å². The molecule has 0 amide bonds. The number of aromatic nitrogens is 3. The molecule has 3 rings (SSSR count). The predicted molar refractivity (Wildman–Crippen MR) is 83.8 cm³/mol. The van der Waals surface area contributed by atoms with Crippen LogP contribution in [0.4, 0.5) is 5.82 Å². The van der Waals surface area contributed by atoms with Gasteiger partial charge in [0, 0.05) is 23.3 Å². The van der Waals surface area contributed by atoms with Gasteiger partial charge in [0.25, 0.3) is 0 Å². The Morgan fingerprint density at radius 2 is 1.95 bits per heavy atom. The monoisotopic (exact) mass is 322 g/mol. The molecule has 21 heavy (non-hydrogen) atoms. The molecule has 1 aromatic carbocycles. The van der Waals surface area contributed by atoms with E-state index in [1.165, 1.54) is 0 Å². The van der Waals surface area contributed by atoms with Gasteiger partial charge in [0.05, 0.1) is 15.6 Å². The lowest BCUT2D eigenvalue weighted by Crippen LogP contribution is -2.05. The summed E-state index contributed by atoms with van der Waals surface area (Å²) in [4.78, 5) is 3.93. The molecule has 1 atom stereocenters. The second-order valence-corrected chi connectivity index (χ2v) is 5.41. The molecule has 0 saturated carbocycles. The topological polar surface area (TPSA) is 76.8 Å². The van der Waals surface area contributed by atoms with Crippen LogP contribution in [0.1, 0.15) is 18.6 Å². The van der Waals surface area contributed by atoms with E-state index in [0.717, 1.165) is 10.9 Å². The molecule has 7 heteroatoms. The van der Waals surface area contributed by atoms with Crippen LogP contribution in [0.25, 0.3) is 10.9 Å². The summed E-state index contributed by atoms with van der Waals surface area (Å²) in [5, 5.41) is 8.54. The summed E-state index contributed by atoms with van der Waals surface area (Å²) < 4.78 is 5.90. The number of nitrogen functional groups attached to an aromatic ring is 1. The van der Waals surface area contributed by atoms with Gasteiger partial charge < -0.3 is 10.5 Å². The van der Waals surface area contributed by atoms with Gasteiger partial charge in [0.2, 0.25) is 0 Å². The third-order valence-corrected chi connectivity index (χ3v) is 3.78.